The molecule has 1 atom stereocenters. The Morgan fingerprint density at radius 2 is 2.12 bits per heavy atom. The maximum Gasteiger partial charge on any atom is 0.0512 e. The van der Waals surface area contributed by atoms with Crippen LogP contribution >= 0.6 is 22.6 Å². The highest BCUT2D eigenvalue weighted by atomic mass is 127. The summed E-state index contributed by atoms with van der Waals surface area (Å²) in [6, 6.07) is 0. The van der Waals surface area contributed by atoms with Gasteiger partial charge in [0.05, 0.1) is 6.10 Å². The lowest BCUT2D eigenvalue weighted by atomic mass is 10.2. The molecule has 0 saturated carbocycles. The van der Waals surface area contributed by atoms with Gasteiger partial charge in [0.15, 0.2) is 0 Å². The fourth-order valence-electron chi connectivity index (χ4n) is 0.534. The maximum atomic E-state index is 8.78. The number of rotatable bonds is 4. The molecule has 0 saturated heterocycles. The van der Waals surface area contributed by atoms with Gasteiger partial charge in [-0.15, -0.1) is 0 Å². The topological polar surface area (TPSA) is 20.2 Å². The standard InChI is InChI=1S/C6H13IO/c1-6(8)4-2-3-5-7/h6,8H,2-5H2,1H3/t6-/m1/s1. The lowest BCUT2D eigenvalue weighted by Gasteiger charge is -1.99. The third-order valence-corrected chi connectivity index (χ3v) is 1.77. The molecule has 0 aromatic rings. The van der Waals surface area contributed by atoms with E-state index in [-0.39, 0.29) is 6.10 Å². The Bertz CT molecular complexity index is 45.8. The predicted molar refractivity (Wildman–Crippen MR) is 44.4 cm³/mol. The average Bonchev–Trinajstić information content (AvgIpc) is 1.66. The third kappa shape index (κ3) is 6.69. The molecule has 0 aliphatic carbocycles. The normalized spacial score (nSPS) is 13.9. The summed E-state index contributed by atoms with van der Waals surface area (Å²) in [6.45, 7) is 1.84. The van der Waals surface area contributed by atoms with Gasteiger partial charge in [-0.05, 0) is 24.2 Å². The number of halogens is 1. The molecule has 1 N–H and O–H groups in total. The first-order chi connectivity index (χ1) is 3.77. The fraction of sp³-hybridized carbons (Fsp3) is 1.00. The van der Waals surface area contributed by atoms with Crippen LogP contribution in [-0.4, -0.2) is 15.6 Å². The summed E-state index contributed by atoms with van der Waals surface area (Å²) in [5, 5.41) is 8.78. The Labute approximate surface area is 64.6 Å². The van der Waals surface area contributed by atoms with Crippen molar-refractivity contribution in [2.24, 2.45) is 0 Å². The van der Waals surface area contributed by atoms with Gasteiger partial charge in [0.25, 0.3) is 0 Å². The molecular weight excluding hydrogens is 215 g/mol. The van der Waals surface area contributed by atoms with Crippen LogP contribution in [0.4, 0.5) is 0 Å². The Kier molecular flexibility index (Phi) is 6.32. The zero-order valence-electron chi connectivity index (χ0n) is 5.23. The number of alkyl halides is 1. The highest BCUT2D eigenvalue weighted by Gasteiger charge is 1.92. The van der Waals surface area contributed by atoms with E-state index in [0.29, 0.717) is 0 Å². The van der Waals surface area contributed by atoms with Crippen LogP contribution in [0.3, 0.4) is 0 Å². The number of hydrogen-bond acceptors (Lipinski definition) is 1. The molecule has 8 heavy (non-hydrogen) atoms. The van der Waals surface area contributed by atoms with E-state index in [0.717, 1.165) is 6.42 Å². The summed E-state index contributed by atoms with van der Waals surface area (Å²) in [6.07, 6.45) is 3.27. The third-order valence-electron chi connectivity index (χ3n) is 1.01. The first kappa shape index (κ1) is 8.69. The van der Waals surface area contributed by atoms with Gasteiger partial charge in [-0.1, -0.05) is 29.0 Å². The van der Waals surface area contributed by atoms with Gasteiger partial charge in [0.2, 0.25) is 0 Å². The van der Waals surface area contributed by atoms with Crippen LogP contribution in [0.15, 0.2) is 0 Å². The van der Waals surface area contributed by atoms with E-state index in [1.807, 2.05) is 6.92 Å². The van der Waals surface area contributed by atoms with E-state index >= 15 is 0 Å². The van der Waals surface area contributed by atoms with Crippen LogP contribution in [0.2, 0.25) is 0 Å². The number of unbranched alkanes of at least 4 members (excludes halogenated alkanes) is 1. The van der Waals surface area contributed by atoms with E-state index in [9.17, 15) is 0 Å². The quantitative estimate of drug-likeness (QED) is 0.443. The highest BCUT2D eigenvalue weighted by molar-refractivity contribution is 14.1. The minimum Gasteiger partial charge on any atom is -0.393 e. The van der Waals surface area contributed by atoms with Crippen molar-refractivity contribution < 1.29 is 5.11 Å². The van der Waals surface area contributed by atoms with E-state index in [1.54, 1.807) is 0 Å². The van der Waals surface area contributed by atoms with Gasteiger partial charge >= 0.3 is 0 Å². The van der Waals surface area contributed by atoms with Crippen molar-refractivity contribution in [2.45, 2.75) is 32.3 Å². The minimum atomic E-state index is -0.0991. The summed E-state index contributed by atoms with van der Waals surface area (Å²) < 4.78 is 1.21. The first-order valence-corrected chi connectivity index (χ1v) is 4.54. The van der Waals surface area contributed by atoms with Crippen LogP contribution in [0.25, 0.3) is 0 Å². The molecule has 0 aliphatic rings. The first-order valence-electron chi connectivity index (χ1n) is 3.01. The largest absolute Gasteiger partial charge is 0.393 e. The van der Waals surface area contributed by atoms with Gasteiger partial charge in [-0.2, -0.15) is 0 Å². The molecule has 0 bridgehead atoms. The Balaban J connectivity index is 2.72. The van der Waals surface area contributed by atoms with E-state index in [1.165, 1.54) is 17.3 Å². The van der Waals surface area contributed by atoms with E-state index in [2.05, 4.69) is 22.6 Å². The van der Waals surface area contributed by atoms with E-state index in [4.69, 9.17) is 5.11 Å². The SMILES string of the molecule is C[C@@H](O)CCCCI. The number of aliphatic hydroxyl groups is 1. The molecule has 0 spiro atoms. The molecule has 0 rings (SSSR count). The second-order valence-electron chi connectivity index (χ2n) is 2.03. The Hall–Kier alpha value is 0.690. The molecule has 0 radical (unpaired) electrons. The van der Waals surface area contributed by atoms with Crippen LogP contribution in [0.5, 0.6) is 0 Å². The number of aliphatic hydroxyl groups excluding tert-OH is 1. The summed E-state index contributed by atoms with van der Waals surface area (Å²) in [5.74, 6) is 0. The lowest BCUT2D eigenvalue weighted by molar-refractivity contribution is 0.181. The van der Waals surface area contributed by atoms with Gasteiger partial charge in [0.1, 0.15) is 0 Å². The van der Waals surface area contributed by atoms with Crippen LogP contribution in [0, 0.1) is 0 Å². The maximum absolute atomic E-state index is 8.78. The van der Waals surface area contributed by atoms with Crippen molar-refractivity contribution in [1.82, 2.24) is 0 Å². The molecule has 0 heterocycles. The van der Waals surface area contributed by atoms with Crippen molar-refractivity contribution in [3.63, 3.8) is 0 Å². The molecular formula is C6H13IO. The highest BCUT2D eigenvalue weighted by Crippen LogP contribution is 2.01. The average molecular weight is 228 g/mol. The molecule has 0 aromatic carbocycles. The molecule has 0 fully saturated rings. The minimum absolute atomic E-state index is 0.0991. The van der Waals surface area contributed by atoms with Crippen molar-refractivity contribution in [3.8, 4) is 0 Å². The smallest absolute Gasteiger partial charge is 0.0512 e. The van der Waals surface area contributed by atoms with Gasteiger partial charge in [-0.25, -0.2) is 0 Å². The second kappa shape index (κ2) is 5.82. The molecule has 50 valence electrons. The lowest BCUT2D eigenvalue weighted by Crippen LogP contribution is -1.98. The molecule has 0 amide bonds. The van der Waals surface area contributed by atoms with Crippen LogP contribution in [-0.2, 0) is 0 Å². The summed E-state index contributed by atoms with van der Waals surface area (Å²) in [5.41, 5.74) is 0. The number of hydrogen-bond donors (Lipinski definition) is 1. The van der Waals surface area contributed by atoms with E-state index < -0.39 is 0 Å². The monoisotopic (exact) mass is 228 g/mol. The molecule has 1 nitrogen and oxygen atoms in total. The summed E-state index contributed by atoms with van der Waals surface area (Å²) in [4.78, 5) is 0. The van der Waals surface area contributed by atoms with Gasteiger partial charge in [-0.3, -0.25) is 0 Å². The fourth-order valence-corrected chi connectivity index (χ4v) is 1.07. The van der Waals surface area contributed by atoms with Gasteiger partial charge < -0.3 is 5.11 Å². The van der Waals surface area contributed by atoms with Crippen LogP contribution in [0.1, 0.15) is 26.2 Å². The molecule has 0 aromatic heterocycles. The summed E-state index contributed by atoms with van der Waals surface area (Å²) in [7, 11) is 0. The molecule has 0 unspecified atom stereocenters. The Morgan fingerprint density at radius 3 is 2.50 bits per heavy atom. The Morgan fingerprint density at radius 1 is 1.50 bits per heavy atom. The van der Waals surface area contributed by atoms with Crippen LogP contribution < -0.4 is 0 Å². The van der Waals surface area contributed by atoms with Crippen molar-refractivity contribution in [2.75, 3.05) is 4.43 Å². The summed E-state index contributed by atoms with van der Waals surface area (Å²) >= 11 is 2.35. The molecule has 2 heteroatoms. The zero-order valence-corrected chi connectivity index (χ0v) is 7.39. The second-order valence-corrected chi connectivity index (χ2v) is 3.11. The molecule has 0 aliphatic heterocycles. The predicted octanol–water partition coefficient (Wildman–Crippen LogP) is 1.97. The van der Waals surface area contributed by atoms with Crippen molar-refractivity contribution in [1.29, 1.82) is 0 Å². The van der Waals surface area contributed by atoms with Gasteiger partial charge in [0, 0.05) is 0 Å². The van der Waals surface area contributed by atoms with Crippen molar-refractivity contribution in [3.05, 3.63) is 0 Å². The van der Waals surface area contributed by atoms with Crippen molar-refractivity contribution >= 4 is 22.6 Å². The zero-order chi connectivity index (χ0) is 6.41.